The lowest BCUT2D eigenvalue weighted by molar-refractivity contribution is -0.135. The average molecular weight is 459 g/mol. The number of carbonyl (C=O) groups is 1. The fraction of sp³-hybridized carbons (Fsp3) is 0.480. The lowest BCUT2D eigenvalue weighted by Gasteiger charge is -2.33. The first-order valence-electron chi connectivity index (χ1n) is 11.0. The van der Waals surface area contributed by atoms with Crippen LogP contribution in [0.15, 0.2) is 35.2 Å². The Hall–Kier alpha value is -2.38. The Labute approximate surface area is 192 Å². The highest BCUT2D eigenvalue weighted by Gasteiger charge is 2.34. The van der Waals surface area contributed by atoms with E-state index < -0.39 is 10.0 Å². The van der Waals surface area contributed by atoms with Gasteiger partial charge in [0.25, 0.3) is 0 Å². The number of rotatable bonds is 6. The molecule has 1 aliphatic rings. The summed E-state index contributed by atoms with van der Waals surface area (Å²) in [6, 6.07) is 9.75. The second kappa shape index (κ2) is 9.63. The Bertz CT molecular complexity index is 1080. The molecule has 1 fully saturated rings. The lowest BCUT2D eigenvalue weighted by atomic mass is 9.96. The van der Waals surface area contributed by atoms with Crippen molar-refractivity contribution in [1.82, 2.24) is 9.21 Å². The zero-order valence-corrected chi connectivity index (χ0v) is 20.8. The van der Waals surface area contributed by atoms with E-state index in [4.69, 9.17) is 4.74 Å². The molecule has 0 aromatic heterocycles. The van der Waals surface area contributed by atoms with Gasteiger partial charge in [0, 0.05) is 38.2 Å². The van der Waals surface area contributed by atoms with Crippen LogP contribution < -0.4 is 4.74 Å². The summed E-state index contributed by atoms with van der Waals surface area (Å²) in [6.45, 7) is 8.84. The van der Waals surface area contributed by atoms with Gasteiger partial charge in [-0.05, 0) is 57.7 Å². The molecular formula is C25H34N2O4S. The van der Waals surface area contributed by atoms with Gasteiger partial charge in [-0.25, -0.2) is 8.42 Å². The summed E-state index contributed by atoms with van der Waals surface area (Å²) in [4.78, 5) is 15.2. The summed E-state index contributed by atoms with van der Waals surface area (Å²) >= 11 is 0. The van der Waals surface area contributed by atoms with E-state index in [1.165, 1.54) is 4.31 Å². The van der Waals surface area contributed by atoms with Gasteiger partial charge in [0.05, 0.1) is 12.0 Å². The van der Waals surface area contributed by atoms with Crippen molar-refractivity contribution in [3.8, 4) is 5.75 Å². The van der Waals surface area contributed by atoms with Crippen molar-refractivity contribution in [2.45, 2.75) is 52.0 Å². The number of aryl methyl sites for hydroxylation is 4. The van der Waals surface area contributed by atoms with Gasteiger partial charge in [0.1, 0.15) is 5.75 Å². The molecule has 1 aliphatic heterocycles. The molecule has 3 rings (SSSR count). The first kappa shape index (κ1) is 24.3. The van der Waals surface area contributed by atoms with Crippen LogP contribution in [0.4, 0.5) is 0 Å². The fourth-order valence-corrected chi connectivity index (χ4v) is 6.60. The van der Waals surface area contributed by atoms with E-state index in [1.807, 2.05) is 58.0 Å². The summed E-state index contributed by atoms with van der Waals surface area (Å²) in [5.74, 6) is 0.635. The Morgan fingerprint density at radius 3 is 2.19 bits per heavy atom. The van der Waals surface area contributed by atoms with Crippen LogP contribution >= 0.6 is 0 Å². The monoisotopic (exact) mass is 458 g/mol. The second-order valence-corrected chi connectivity index (χ2v) is 10.8. The van der Waals surface area contributed by atoms with E-state index in [9.17, 15) is 13.2 Å². The average Bonchev–Trinajstić information content (AvgIpc) is 2.72. The van der Waals surface area contributed by atoms with Crippen molar-refractivity contribution < 1.29 is 17.9 Å². The van der Waals surface area contributed by atoms with E-state index >= 15 is 0 Å². The maximum Gasteiger partial charge on any atom is 0.243 e. The molecule has 1 saturated heterocycles. The highest BCUT2D eigenvalue weighted by molar-refractivity contribution is 7.89. The Balaban J connectivity index is 1.68. The topological polar surface area (TPSA) is 66.9 Å². The number of piperidine rings is 1. The minimum atomic E-state index is -3.58. The van der Waals surface area contributed by atoms with Gasteiger partial charge < -0.3 is 9.64 Å². The highest BCUT2D eigenvalue weighted by atomic mass is 32.2. The van der Waals surface area contributed by atoms with Gasteiger partial charge in [-0.1, -0.05) is 35.4 Å². The molecule has 0 saturated carbocycles. The molecule has 0 spiro atoms. The number of amides is 1. The van der Waals surface area contributed by atoms with Crippen LogP contribution in [0.25, 0.3) is 0 Å². The molecule has 0 unspecified atom stereocenters. The highest BCUT2D eigenvalue weighted by Crippen LogP contribution is 2.30. The van der Waals surface area contributed by atoms with Gasteiger partial charge in [-0.2, -0.15) is 4.31 Å². The molecule has 0 atom stereocenters. The normalized spacial score (nSPS) is 15.6. The minimum Gasteiger partial charge on any atom is -0.496 e. The molecule has 0 N–H and O–H groups in total. The molecule has 6 nitrogen and oxygen atoms in total. The standard InChI is InChI=1S/C25H34N2O4S/c1-17-7-8-23(31-6)22(15-17)16-26(5)25(28)21-9-11-27(12-10-21)32(29,30)24-19(3)13-18(2)14-20(24)4/h7-8,13-15,21H,9-12,16H2,1-6H3. The number of sulfonamides is 1. The smallest absolute Gasteiger partial charge is 0.243 e. The van der Waals surface area contributed by atoms with Crippen molar-refractivity contribution >= 4 is 15.9 Å². The first-order chi connectivity index (χ1) is 15.0. The molecule has 2 aromatic carbocycles. The largest absolute Gasteiger partial charge is 0.496 e. The SMILES string of the molecule is COc1ccc(C)cc1CN(C)C(=O)C1CCN(S(=O)(=O)c2c(C)cc(C)cc2C)CC1. The quantitative estimate of drug-likeness (QED) is 0.657. The van der Waals surface area contributed by atoms with Gasteiger partial charge in [0.15, 0.2) is 0 Å². The number of nitrogens with zero attached hydrogens (tertiary/aromatic N) is 2. The third kappa shape index (κ3) is 4.99. The van der Waals surface area contributed by atoms with Crippen LogP contribution in [-0.4, -0.2) is 50.8 Å². The molecular weight excluding hydrogens is 424 g/mol. The predicted molar refractivity (Wildman–Crippen MR) is 126 cm³/mol. The van der Waals surface area contributed by atoms with Gasteiger partial charge in [0.2, 0.25) is 15.9 Å². The van der Waals surface area contributed by atoms with E-state index in [-0.39, 0.29) is 11.8 Å². The van der Waals surface area contributed by atoms with Crippen LogP contribution in [0.3, 0.4) is 0 Å². The maximum atomic E-state index is 13.3. The van der Waals surface area contributed by atoms with Crippen LogP contribution in [0, 0.1) is 33.6 Å². The van der Waals surface area contributed by atoms with Gasteiger partial charge in [-0.15, -0.1) is 0 Å². The fourth-order valence-electron chi connectivity index (χ4n) is 4.72. The number of benzene rings is 2. The summed E-state index contributed by atoms with van der Waals surface area (Å²) in [5.41, 5.74) is 4.67. The zero-order valence-electron chi connectivity index (χ0n) is 19.9. The van der Waals surface area contributed by atoms with Crippen LogP contribution in [0.5, 0.6) is 5.75 Å². The molecule has 1 heterocycles. The summed E-state index contributed by atoms with van der Waals surface area (Å²) in [6.07, 6.45) is 1.05. The van der Waals surface area contributed by atoms with Crippen LogP contribution in [0.2, 0.25) is 0 Å². The van der Waals surface area contributed by atoms with Crippen LogP contribution in [0.1, 0.15) is 40.7 Å². The second-order valence-electron chi connectivity index (χ2n) is 8.92. The Morgan fingerprint density at radius 2 is 1.62 bits per heavy atom. The maximum absolute atomic E-state index is 13.3. The number of ether oxygens (including phenoxy) is 1. The molecule has 7 heteroatoms. The first-order valence-corrected chi connectivity index (χ1v) is 12.4. The van der Waals surface area contributed by atoms with E-state index in [0.717, 1.165) is 33.6 Å². The third-order valence-electron chi connectivity index (χ3n) is 6.23. The Morgan fingerprint density at radius 1 is 1.03 bits per heavy atom. The van der Waals surface area contributed by atoms with Crippen molar-refractivity contribution in [1.29, 1.82) is 0 Å². The lowest BCUT2D eigenvalue weighted by Crippen LogP contribution is -2.43. The summed E-state index contributed by atoms with van der Waals surface area (Å²) < 4.78 is 33.6. The van der Waals surface area contributed by atoms with Crippen molar-refractivity contribution in [3.05, 3.63) is 58.1 Å². The van der Waals surface area contributed by atoms with E-state index in [0.29, 0.717) is 37.4 Å². The number of hydrogen-bond donors (Lipinski definition) is 0. The number of methoxy groups -OCH3 is 1. The van der Waals surface area contributed by atoms with Crippen molar-refractivity contribution in [3.63, 3.8) is 0 Å². The minimum absolute atomic E-state index is 0.0494. The van der Waals surface area contributed by atoms with Crippen molar-refractivity contribution in [2.24, 2.45) is 5.92 Å². The molecule has 0 radical (unpaired) electrons. The molecule has 2 aromatic rings. The molecule has 1 amide bonds. The molecule has 0 bridgehead atoms. The zero-order chi connectivity index (χ0) is 23.6. The van der Waals surface area contributed by atoms with Crippen LogP contribution in [-0.2, 0) is 21.4 Å². The van der Waals surface area contributed by atoms with E-state index in [1.54, 1.807) is 19.1 Å². The molecule has 32 heavy (non-hydrogen) atoms. The van der Waals surface area contributed by atoms with Gasteiger partial charge in [-0.3, -0.25) is 4.79 Å². The third-order valence-corrected chi connectivity index (χ3v) is 8.43. The number of hydrogen-bond acceptors (Lipinski definition) is 4. The van der Waals surface area contributed by atoms with Crippen molar-refractivity contribution in [2.75, 3.05) is 27.2 Å². The Kier molecular flexibility index (Phi) is 7.30. The molecule has 174 valence electrons. The summed E-state index contributed by atoms with van der Waals surface area (Å²) in [5, 5.41) is 0. The van der Waals surface area contributed by atoms with E-state index in [2.05, 4.69) is 0 Å². The predicted octanol–water partition coefficient (Wildman–Crippen LogP) is 3.99. The summed E-state index contributed by atoms with van der Waals surface area (Å²) in [7, 11) is -0.153. The van der Waals surface area contributed by atoms with Gasteiger partial charge >= 0.3 is 0 Å². The number of carbonyl (C=O) groups excluding carboxylic acids is 1. The molecule has 0 aliphatic carbocycles.